The van der Waals surface area contributed by atoms with Crippen LogP contribution in [0.1, 0.15) is 36.9 Å². The molecule has 0 spiro atoms. The molecule has 0 aliphatic heterocycles. The molecule has 0 fully saturated rings. The van der Waals surface area contributed by atoms with Gasteiger partial charge in [-0.3, -0.25) is 0 Å². The van der Waals surface area contributed by atoms with E-state index in [1.165, 1.54) is 0 Å². The predicted molar refractivity (Wildman–Crippen MR) is 63.0 cm³/mol. The van der Waals surface area contributed by atoms with Gasteiger partial charge >= 0.3 is 0 Å². The fraction of sp³-hybridized carbons (Fsp3) is 0.455. The van der Waals surface area contributed by atoms with Crippen LogP contribution < -0.4 is 5.73 Å². The first kappa shape index (κ1) is 11.8. The number of halogens is 2. The minimum atomic E-state index is 0.0171. The molecule has 1 nitrogen and oxygen atoms in total. The van der Waals surface area contributed by atoms with Crippen LogP contribution in [0.15, 0.2) is 12.1 Å². The summed E-state index contributed by atoms with van der Waals surface area (Å²) in [5.41, 5.74) is 8.02. The summed E-state index contributed by atoms with van der Waals surface area (Å²) in [5, 5.41) is 1.36. The highest BCUT2D eigenvalue weighted by atomic mass is 35.5. The molecule has 0 saturated heterocycles. The Morgan fingerprint density at radius 3 is 2.50 bits per heavy atom. The maximum Gasteiger partial charge on any atom is 0.0468 e. The summed E-state index contributed by atoms with van der Waals surface area (Å²) in [6, 6.07) is 3.76. The van der Waals surface area contributed by atoms with Gasteiger partial charge in [-0.1, -0.05) is 42.6 Å². The van der Waals surface area contributed by atoms with Crippen molar-refractivity contribution < 1.29 is 0 Å². The fourth-order valence-electron chi connectivity index (χ4n) is 1.43. The summed E-state index contributed by atoms with van der Waals surface area (Å²) in [6.07, 6.45) is 2.00. The van der Waals surface area contributed by atoms with E-state index < -0.39 is 0 Å². The van der Waals surface area contributed by atoms with Crippen LogP contribution in [0.25, 0.3) is 0 Å². The van der Waals surface area contributed by atoms with E-state index in [1.54, 1.807) is 6.07 Å². The van der Waals surface area contributed by atoms with Gasteiger partial charge in [-0.15, -0.1) is 0 Å². The van der Waals surface area contributed by atoms with Crippen molar-refractivity contribution in [3.05, 3.63) is 33.3 Å². The maximum atomic E-state index is 6.07. The van der Waals surface area contributed by atoms with Crippen LogP contribution in [0.4, 0.5) is 0 Å². The number of hydrogen-bond donors (Lipinski definition) is 1. The van der Waals surface area contributed by atoms with E-state index in [2.05, 4.69) is 6.92 Å². The summed E-state index contributed by atoms with van der Waals surface area (Å²) in [5.74, 6) is 0. The molecule has 0 amide bonds. The van der Waals surface area contributed by atoms with E-state index in [4.69, 9.17) is 28.9 Å². The van der Waals surface area contributed by atoms with Crippen molar-refractivity contribution in [2.45, 2.75) is 32.7 Å². The van der Waals surface area contributed by atoms with Crippen LogP contribution in [0.3, 0.4) is 0 Å². The molecule has 0 heterocycles. The molecule has 1 rings (SSSR count). The van der Waals surface area contributed by atoms with Crippen LogP contribution in [0, 0.1) is 6.92 Å². The lowest BCUT2D eigenvalue weighted by Gasteiger charge is -2.14. The average molecular weight is 232 g/mol. The summed E-state index contributed by atoms with van der Waals surface area (Å²) >= 11 is 12.0. The first-order chi connectivity index (χ1) is 6.56. The normalized spacial score (nSPS) is 12.9. The molecule has 14 heavy (non-hydrogen) atoms. The third kappa shape index (κ3) is 2.63. The maximum absolute atomic E-state index is 6.07. The van der Waals surface area contributed by atoms with Gasteiger partial charge in [0.1, 0.15) is 0 Å². The Morgan fingerprint density at radius 2 is 1.93 bits per heavy atom. The molecule has 0 radical (unpaired) electrons. The molecule has 1 aromatic carbocycles. The Morgan fingerprint density at radius 1 is 1.29 bits per heavy atom. The highest BCUT2D eigenvalue weighted by Gasteiger charge is 2.11. The number of hydrogen-bond acceptors (Lipinski definition) is 1. The minimum absolute atomic E-state index is 0.0171. The fourth-order valence-corrected chi connectivity index (χ4v) is 1.95. The largest absolute Gasteiger partial charge is 0.324 e. The smallest absolute Gasteiger partial charge is 0.0468 e. The molecule has 0 aliphatic carbocycles. The van der Waals surface area contributed by atoms with Crippen molar-refractivity contribution in [1.29, 1.82) is 0 Å². The number of rotatable bonds is 3. The van der Waals surface area contributed by atoms with Crippen molar-refractivity contribution in [3.8, 4) is 0 Å². The van der Waals surface area contributed by atoms with Gasteiger partial charge in [0.2, 0.25) is 0 Å². The summed E-state index contributed by atoms with van der Waals surface area (Å²) < 4.78 is 0. The van der Waals surface area contributed by atoms with Crippen LogP contribution in [0.2, 0.25) is 10.0 Å². The summed E-state index contributed by atoms with van der Waals surface area (Å²) in [4.78, 5) is 0. The molecule has 0 bridgehead atoms. The highest BCUT2D eigenvalue weighted by Crippen LogP contribution is 2.29. The van der Waals surface area contributed by atoms with Gasteiger partial charge in [0.25, 0.3) is 0 Å². The van der Waals surface area contributed by atoms with Crippen molar-refractivity contribution in [3.63, 3.8) is 0 Å². The molecule has 1 atom stereocenters. The summed E-state index contributed by atoms with van der Waals surface area (Å²) in [6.45, 7) is 4.07. The van der Waals surface area contributed by atoms with E-state index in [0.717, 1.165) is 24.0 Å². The van der Waals surface area contributed by atoms with Gasteiger partial charge in [0, 0.05) is 16.1 Å². The van der Waals surface area contributed by atoms with Crippen molar-refractivity contribution in [2.75, 3.05) is 0 Å². The van der Waals surface area contributed by atoms with E-state index in [9.17, 15) is 0 Å². The van der Waals surface area contributed by atoms with Crippen molar-refractivity contribution >= 4 is 23.2 Å². The Balaban J connectivity index is 3.02. The lowest BCUT2D eigenvalue weighted by molar-refractivity contribution is 0.638. The standard InChI is InChI=1S/C11H15Cl2N/c1-3-4-11(14)8-5-7(2)9(12)6-10(8)13/h5-6,11H,3-4,14H2,1-2H3. The van der Waals surface area contributed by atoms with Crippen molar-refractivity contribution in [2.24, 2.45) is 5.73 Å². The lowest BCUT2D eigenvalue weighted by atomic mass is 10.0. The van der Waals surface area contributed by atoms with Crippen LogP contribution in [-0.2, 0) is 0 Å². The van der Waals surface area contributed by atoms with E-state index >= 15 is 0 Å². The Kier molecular flexibility index (Phi) is 4.24. The van der Waals surface area contributed by atoms with Gasteiger partial charge < -0.3 is 5.73 Å². The number of benzene rings is 1. The first-order valence-electron chi connectivity index (χ1n) is 4.77. The SMILES string of the molecule is CCCC(N)c1cc(C)c(Cl)cc1Cl. The topological polar surface area (TPSA) is 26.0 Å². The van der Waals surface area contributed by atoms with Crippen LogP contribution >= 0.6 is 23.2 Å². The molecule has 0 aromatic heterocycles. The molecule has 78 valence electrons. The zero-order valence-corrected chi connectivity index (χ0v) is 9.99. The molecule has 1 aromatic rings. The molecule has 0 saturated carbocycles. The Labute approximate surface area is 95.2 Å². The zero-order valence-electron chi connectivity index (χ0n) is 8.48. The first-order valence-corrected chi connectivity index (χ1v) is 5.53. The second kappa shape index (κ2) is 5.01. The second-order valence-corrected chi connectivity index (χ2v) is 4.33. The van der Waals surface area contributed by atoms with Gasteiger partial charge in [0.15, 0.2) is 0 Å². The van der Waals surface area contributed by atoms with Crippen LogP contribution in [0.5, 0.6) is 0 Å². The van der Waals surface area contributed by atoms with E-state index in [0.29, 0.717) is 10.0 Å². The zero-order chi connectivity index (χ0) is 10.7. The third-order valence-electron chi connectivity index (χ3n) is 2.28. The van der Waals surface area contributed by atoms with Gasteiger partial charge in [0.05, 0.1) is 0 Å². The lowest BCUT2D eigenvalue weighted by Crippen LogP contribution is -2.10. The van der Waals surface area contributed by atoms with Crippen LogP contribution in [-0.4, -0.2) is 0 Å². The van der Waals surface area contributed by atoms with Gasteiger partial charge in [-0.2, -0.15) is 0 Å². The molecule has 3 heteroatoms. The number of aryl methyl sites for hydroxylation is 1. The predicted octanol–water partition coefficient (Wildman–Crippen LogP) is 4.10. The van der Waals surface area contributed by atoms with E-state index in [1.807, 2.05) is 13.0 Å². The highest BCUT2D eigenvalue weighted by molar-refractivity contribution is 6.35. The molecule has 0 aliphatic rings. The molecular formula is C11H15Cl2N. The van der Waals surface area contributed by atoms with E-state index in [-0.39, 0.29) is 6.04 Å². The Hall–Kier alpha value is -0.240. The van der Waals surface area contributed by atoms with Gasteiger partial charge in [-0.25, -0.2) is 0 Å². The summed E-state index contributed by atoms with van der Waals surface area (Å²) in [7, 11) is 0. The second-order valence-electron chi connectivity index (χ2n) is 3.52. The Bertz CT molecular complexity index is 323. The monoisotopic (exact) mass is 231 g/mol. The van der Waals surface area contributed by atoms with Gasteiger partial charge in [-0.05, 0) is 30.5 Å². The van der Waals surface area contributed by atoms with Crippen molar-refractivity contribution in [1.82, 2.24) is 0 Å². The molecule has 2 N–H and O–H groups in total. The number of nitrogens with two attached hydrogens (primary N) is 1. The quantitative estimate of drug-likeness (QED) is 0.834. The molecular weight excluding hydrogens is 217 g/mol. The minimum Gasteiger partial charge on any atom is -0.324 e. The average Bonchev–Trinajstić information content (AvgIpc) is 2.11. The third-order valence-corrected chi connectivity index (χ3v) is 3.01. The molecule has 1 unspecified atom stereocenters.